The van der Waals surface area contributed by atoms with Crippen LogP contribution in [0.25, 0.3) is 5.65 Å². The van der Waals surface area contributed by atoms with Gasteiger partial charge in [0, 0.05) is 31.4 Å². The molecule has 2 aromatic heterocycles. The average molecular weight is 505 g/mol. The van der Waals surface area contributed by atoms with E-state index in [-0.39, 0.29) is 24.1 Å². The molecule has 1 unspecified atom stereocenters. The Morgan fingerprint density at radius 1 is 1.24 bits per heavy atom. The fraction of sp³-hybridized carbons (Fsp3) is 0.407. The van der Waals surface area contributed by atoms with E-state index in [1.807, 2.05) is 70.3 Å². The molecule has 4 heterocycles. The van der Waals surface area contributed by atoms with E-state index >= 15 is 0 Å². The van der Waals surface area contributed by atoms with Gasteiger partial charge in [0.15, 0.2) is 6.17 Å². The van der Waals surface area contributed by atoms with Crippen LogP contribution in [0.15, 0.2) is 53.8 Å². The molecule has 194 valence electrons. The van der Waals surface area contributed by atoms with Crippen molar-refractivity contribution in [2.45, 2.75) is 52.3 Å². The predicted octanol–water partition coefficient (Wildman–Crippen LogP) is 4.47. The van der Waals surface area contributed by atoms with Crippen LogP contribution in [0, 0.1) is 12.8 Å². The number of aryl methyl sites for hydroxylation is 1. The summed E-state index contributed by atoms with van der Waals surface area (Å²) in [6.07, 6.45) is 4.22. The molecule has 10 heteroatoms. The number of anilines is 1. The molecule has 2 N–H and O–H groups in total. The summed E-state index contributed by atoms with van der Waals surface area (Å²) in [5.41, 5.74) is 6.14. The molecule has 2 aliphatic rings. The molecule has 0 radical (unpaired) electrons. The van der Waals surface area contributed by atoms with E-state index in [0.29, 0.717) is 42.4 Å². The van der Waals surface area contributed by atoms with Crippen LogP contribution in [0.2, 0.25) is 0 Å². The number of benzene rings is 1. The van der Waals surface area contributed by atoms with Crippen LogP contribution in [0.5, 0.6) is 0 Å². The number of carbonyl (C=O) groups is 2. The van der Waals surface area contributed by atoms with Gasteiger partial charge in [-0.1, -0.05) is 18.2 Å². The van der Waals surface area contributed by atoms with E-state index in [2.05, 4.69) is 15.8 Å². The molecule has 2 aliphatic heterocycles. The normalized spacial score (nSPS) is 19.6. The van der Waals surface area contributed by atoms with Crippen LogP contribution in [0.4, 0.5) is 10.5 Å². The van der Waals surface area contributed by atoms with Crippen LogP contribution >= 0.6 is 0 Å². The fourth-order valence-corrected chi connectivity index (χ4v) is 4.53. The molecule has 37 heavy (non-hydrogen) atoms. The molecule has 0 spiro atoms. The Morgan fingerprint density at radius 3 is 2.89 bits per heavy atom. The summed E-state index contributed by atoms with van der Waals surface area (Å²) in [6, 6.07) is 11.4. The number of hydrogen-bond donors (Lipinski definition) is 2. The molecule has 3 aromatic rings. The Bertz CT molecular complexity index is 1360. The fourth-order valence-electron chi connectivity index (χ4n) is 4.53. The minimum absolute atomic E-state index is 0.241. The van der Waals surface area contributed by atoms with Crippen molar-refractivity contribution in [2.75, 3.05) is 18.4 Å². The maximum Gasteiger partial charge on any atom is 0.410 e. The minimum atomic E-state index is -0.510. The summed E-state index contributed by atoms with van der Waals surface area (Å²) < 4.78 is 7.24. The maximum atomic E-state index is 13.0. The molecule has 1 fully saturated rings. The van der Waals surface area contributed by atoms with E-state index in [4.69, 9.17) is 14.6 Å². The Labute approximate surface area is 215 Å². The van der Waals surface area contributed by atoms with Crippen LogP contribution < -0.4 is 10.8 Å². The smallest absolute Gasteiger partial charge is 0.410 e. The van der Waals surface area contributed by atoms with Gasteiger partial charge in [0.2, 0.25) is 5.90 Å². The van der Waals surface area contributed by atoms with E-state index in [9.17, 15) is 9.59 Å². The molecular weight excluding hydrogens is 472 g/mol. The number of amides is 2. The summed E-state index contributed by atoms with van der Waals surface area (Å²) in [7, 11) is 0. The number of imidazole rings is 1. The number of likely N-dealkylation sites (tertiary alicyclic amines) is 1. The van der Waals surface area contributed by atoms with E-state index < -0.39 is 5.60 Å². The molecule has 1 aromatic carbocycles. The number of nitrogens with zero attached hydrogens (tertiary/aromatic N) is 4. The van der Waals surface area contributed by atoms with E-state index in [1.54, 1.807) is 15.5 Å². The van der Waals surface area contributed by atoms with Crippen molar-refractivity contribution in [1.82, 2.24) is 19.8 Å². The van der Waals surface area contributed by atoms with Crippen LogP contribution in [0.1, 0.15) is 61.4 Å². The van der Waals surface area contributed by atoms with Gasteiger partial charge in [-0.15, -0.1) is 5.48 Å². The van der Waals surface area contributed by atoms with Gasteiger partial charge < -0.3 is 19.8 Å². The third-order valence-electron chi connectivity index (χ3n) is 6.44. The number of fused-ring (bicyclic) bond motifs is 1. The van der Waals surface area contributed by atoms with Crippen molar-refractivity contribution in [3.05, 3.63) is 65.6 Å². The number of ether oxygens (including phenoxy) is 1. The quantitative estimate of drug-likeness (QED) is 0.531. The second kappa shape index (κ2) is 9.85. The Hall–Kier alpha value is -3.92. The van der Waals surface area contributed by atoms with Gasteiger partial charge in [0.25, 0.3) is 5.91 Å². The van der Waals surface area contributed by atoms with E-state index in [1.165, 1.54) is 0 Å². The topological polar surface area (TPSA) is 110 Å². The number of pyridine rings is 1. The summed E-state index contributed by atoms with van der Waals surface area (Å²) in [5, 5.41) is 3.00. The van der Waals surface area contributed by atoms with Crippen molar-refractivity contribution < 1.29 is 19.2 Å². The van der Waals surface area contributed by atoms with Gasteiger partial charge in [0.05, 0.1) is 6.20 Å². The first-order valence-electron chi connectivity index (χ1n) is 12.5. The van der Waals surface area contributed by atoms with Crippen molar-refractivity contribution >= 4 is 29.2 Å². The predicted molar refractivity (Wildman–Crippen MR) is 139 cm³/mol. The molecule has 0 saturated carbocycles. The summed E-state index contributed by atoms with van der Waals surface area (Å²) in [4.78, 5) is 41.8. The summed E-state index contributed by atoms with van der Waals surface area (Å²) in [5.74, 6) is 0.623. The Morgan fingerprint density at radius 2 is 2.08 bits per heavy atom. The van der Waals surface area contributed by atoms with Gasteiger partial charge in [-0.25, -0.2) is 14.8 Å². The average Bonchev–Trinajstić information content (AvgIpc) is 3.59. The van der Waals surface area contributed by atoms with Gasteiger partial charge in [-0.3, -0.25) is 9.20 Å². The van der Waals surface area contributed by atoms with Gasteiger partial charge in [-0.05, 0) is 69.4 Å². The van der Waals surface area contributed by atoms with Gasteiger partial charge in [-0.2, -0.15) is 0 Å². The van der Waals surface area contributed by atoms with Crippen LogP contribution in [0.3, 0.4) is 0 Å². The summed E-state index contributed by atoms with van der Waals surface area (Å²) >= 11 is 0. The second-order valence-electron chi connectivity index (χ2n) is 10.5. The highest BCUT2D eigenvalue weighted by molar-refractivity contribution is 6.04. The molecule has 2 amide bonds. The third kappa shape index (κ3) is 5.59. The Balaban J connectivity index is 1.23. The highest BCUT2D eigenvalue weighted by Crippen LogP contribution is 2.28. The molecule has 0 bridgehead atoms. The molecule has 0 aliphatic carbocycles. The standard InChI is InChI=1S/C27H32N6O4/c1-17-8-9-19(14-20(17)29-25(34)21-15-28-22-7-5-6-11-33(21)22)24-30-23(37-31-24)13-18-10-12-32(16-18)26(35)36-27(2,3)4/h5-9,11,14-15,18,24,31H,10,12-13,16H2,1-4H3,(H,29,34)/t18-,24?/m1/s1. The largest absolute Gasteiger partial charge is 0.444 e. The zero-order chi connectivity index (χ0) is 26.2. The lowest BCUT2D eigenvalue weighted by Gasteiger charge is -2.24. The monoisotopic (exact) mass is 504 g/mol. The first kappa shape index (κ1) is 24.8. The lowest BCUT2D eigenvalue weighted by molar-refractivity contribution is 0.0288. The number of hydroxylamine groups is 1. The molecule has 2 atom stereocenters. The lowest BCUT2D eigenvalue weighted by atomic mass is 10.1. The highest BCUT2D eigenvalue weighted by Gasteiger charge is 2.32. The number of aliphatic imine (C=N–C) groups is 1. The van der Waals surface area contributed by atoms with Crippen molar-refractivity contribution in [2.24, 2.45) is 10.9 Å². The molecular formula is C27H32N6O4. The third-order valence-corrected chi connectivity index (χ3v) is 6.44. The zero-order valence-corrected chi connectivity index (χ0v) is 21.5. The summed E-state index contributed by atoms with van der Waals surface area (Å²) in [6.45, 7) is 8.83. The van der Waals surface area contributed by atoms with Crippen molar-refractivity contribution in [3.8, 4) is 0 Å². The number of rotatable bonds is 5. The van der Waals surface area contributed by atoms with Crippen LogP contribution in [-0.2, 0) is 9.57 Å². The molecule has 5 rings (SSSR count). The number of hydrogen-bond acceptors (Lipinski definition) is 7. The number of nitrogens with one attached hydrogen (secondary N) is 2. The highest BCUT2D eigenvalue weighted by atomic mass is 16.7. The van der Waals surface area contributed by atoms with Crippen molar-refractivity contribution in [3.63, 3.8) is 0 Å². The number of aromatic nitrogens is 2. The lowest BCUT2D eigenvalue weighted by Crippen LogP contribution is -2.35. The van der Waals surface area contributed by atoms with Crippen LogP contribution in [-0.4, -0.2) is 50.9 Å². The first-order valence-corrected chi connectivity index (χ1v) is 12.5. The second-order valence-corrected chi connectivity index (χ2v) is 10.5. The maximum absolute atomic E-state index is 13.0. The SMILES string of the molecule is Cc1ccc(C2N=C(C[C@H]3CCN(C(=O)OC(C)(C)C)C3)ON2)cc1NC(=O)c1cnc2ccccn12. The van der Waals surface area contributed by atoms with Gasteiger partial charge >= 0.3 is 6.09 Å². The minimum Gasteiger partial charge on any atom is -0.444 e. The van der Waals surface area contributed by atoms with E-state index in [0.717, 1.165) is 17.5 Å². The molecule has 1 saturated heterocycles. The Kier molecular flexibility index (Phi) is 6.59. The van der Waals surface area contributed by atoms with Crippen molar-refractivity contribution in [1.29, 1.82) is 0 Å². The zero-order valence-electron chi connectivity index (χ0n) is 21.5. The molecule has 10 nitrogen and oxygen atoms in total. The van der Waals surface area contributed by atoms with Gasteiger partial charge in [0.1, 0.15) is 16.9 Å². The first-order chi connectivity index (χ1) is 17.7. The number of carbonyl (C=O) groups excluding carboxylic acids is 2.